The van der Waals surface area contributed by atoms with Gasteiger partial charge >= 0.3 is 0 Å². The SMILES string of the molecule is Cc1cccc(-c2cc3c(cc2-c2ccc(S(C)(=O)=O)cc2)OCO3)c1. The van der Waals surface area contributed by atoms with Crippen molar-refractivity contribution in [1.82, 2.24) is 0 Å². The molecule has 0 atom stereocenters. The van der Waals surface area contributed by atoms with Crippen LogP contribution in [-0.2, 0) is 9.84 Å². The van der Waals surface area contributed by atoms with Crippen LogP contribution in [-0.4, -0.2) is 21.5 Å². The van der Waals surface area contributed by atoms with E-state index in [4.69, 9.17) is 9.47 Å². The van der Waals surface area contributed by atoms with Crippen molar-refractivity contribution in [3.8, 4) is 33.8 Å². The number of ether oxygens (including phenoxy) is 2. The Kier molecular flexibility index (Phi) is 3.96. The molecule has 0 N–H and O–H groups in total. The minimum atomic E-state index is -3.22. The molecule has 0 saturated heterocycles. The molecular formula is C21H18O4S. The highest BCUT2D eigenvalue weighted by Crippen LogP contribution is 2.43. The predicted octanol–water partition coefficient (Wildman–Crippen LogP) is 4.46. The summed E-state index contributed by atoms with van der Waals surface area (Å²) in [4.78, 5) is 0.305. The molecule has 0 radical (unpaired) electrons. The molecule has 4 rings (SSSR count). The summed E-state index contributed by atoms with van der Waals surface area (Å²) in [5.74, 6) is 1.42. The van der Waals surface area contributed by atoms with Crippen LogP contribution in [0, 0.1) is 6.92 Å². The third-order valence-corrected chi connectivity index (χ3v) is 5.56. The lowest BCUT2D eigenvalue weighted by Gasteiger charge is -2.13. The number of fused-ring (bicyclic) bond motifs is 1. The van der Waals surface area contributed by atoms with Gasteiger partial charge in [0.05, 0.1) is 4.90 Å². The summed E-state index contributed by atoms with van der Waals surface area (Å²) in [5, 5.41) is 0. The fourth-order valence-electron chi connectivity index (χ4n) is 3.11. The molecule has 0 saturated carbocycles. The largest absolute Gasteiger partial charge is 0.454 e. The zero-order valence-electron chi connectivity index (χ0n) is 14.5. The number of hydrogen-bond donors (Lipinski definition) is 0. The average molecular weight is 366 g/mol. The highest BCUT2D eigenvalue weighted by atomic mass is 32.2. The molecular weight excluding hydrogens is 348 g/mol. The lowest BCUT2D eigenvalue weighted by atomic mass is 9.93. The van der Waals surface area contributed by atoms with Gasteiger partial charge in [-0.05, 0) is 53.4 Å². The maximum Gasteiger partial charge on any atom is 0.231 e. The summed E-state index contributed by atoms with van der Waals surface area (Å²) in [6, 6.07) is 19.1. The van der Waals surface area contributed by atoms with E-state index in [0.29, 0.717) is 10.6 Å². The van der Waals surface area contributed by atoms with Crippen molar-refractivity contribution in [2.75, 3.05) is 13.0 Å². The van der Waals surface area contributed by atoms with Gasteiger partial charge in [0.15, 0.2) is 21.3 Å². The zero-order valence-corrected chi connectivity index (χ0v) is 15.3. The second kappa shape index (κ2) is 6.18. The van der Waals surface area contributed by atoms with Crippen LogP contribution in [0.4, 0.5) is 0 Å². The Labute approximate surface area is 152 Å². The number of aryl methyl sites for hydroxylation is 1. The molecule has 0 amide bonds. The Morgan fingerprint density at radius 1 is 0.808 bits per heavy atom. The van der Waals surface area contributed by atoms with Gasteiger partial charge in [-0.2, -0.15) is 0 Å². The molecule has 0 bridgehead atoms. The van der Waals surface area contributed by atoms with Crippen molar-refractivity contribution in [2.24, 2.45) is 0 Å². The maximum atomic E-state index is 11.7. The van der Waals surface area contributed by atoms with Gasteiger partial charge in [0.1, 0.15) is 0 Å². The second-order valence-electron chi connectivity index (χ2n) is 6.42. The molecule has 3 aromatic carbocycles. The second-order valence-corrected chi connectivity index (χ2v) is 8.43. The Balaban J connectivity index is 1.90. The molecule has 1 aliphatic rings. The van der Waals surface area contributed by atoms with Gasteiger partial charge in [-0.1, -0.05) is 42.0 Å². The van der Waals surface area contributed by atoms with Crippen LogP contribution in [0.1, 0.15) is 5.56 Å². The first kappa shape index (κ1) is 16.7. The first-order valence-corrected chi connectivity index (χ1v) is 10.1. The van der Waals surface area contributed by atoms with Crippen LogP contribution in [0.15, 0.2) is 65.6 Å². The Hall–Kier alpha value is -2.79. The van der Waals surface area contributed by atoms with Crippen molar-refractivity contribution < 1.29 is 17.9 Å². The summed E-state index contributed by atoms with van der Waals surface area (Å²) in [5.41, 5.74) is 5.15. The molecule has 0 fully saturated rings. The van der Waals surface area contributed by atoms with Gasteiger partial charge in [0.2, 0.25) is 6.79 Å². The lowest BCUT2D eigenvalue weighted by Crippen LogP contribution is -1.96. The fourth-order valence-corrected chi connectivity index (χ4v) is 3.74. The zero-order chi connectivity index (χ0) is 18.3. The van der Waals surface area contributed by atoms with E-state index in [2.05, 4.69) is 25.1 Å². The van der Waals surface area contributed by atoms with E-state index in [1.165, 1.54) is 11.8 Å². The molecule has 0 spiro atoms. The number of benzene rings is 3. The van der Waals surface area contributed by atoms with Crippen molar-refractivity contribution in [3.05, 3.63) is 66.2 Å². The Morgan fingerprint density at radius 3 is 2.00 bits per heavy atom. The molecule has 1 heterocycles. The first-order chi connectivity index (χ1) is 12.4. The van der Waals surface area contributed by atoms with E-state index in [0.717, 1.165) is 28.0 Å². The van der Waals surface area contributed by atoms with Crippen molar-refractivity contribution in [3.63, 3.8) is 0 Å². The predicted molar refractivity (Wildman–Crippen MR) is 101 cm³/mol. The molecule has 26 heavy (non-hydrogen) atoms. The normalized spacial score (nSPS) is 13.0. The first-order valence-electron chi connectivity index (χ1n) is 8.23. The smallest absolute Gasteiger partial charge is 0.231 e. The molecule has 0 aromatic heterocycles. The number of rotatable bonds is 3. The van der Waals surface area contributed by atoms with Crippen LogP contribution < -0.4 is 9.47 Å². The molecule has 0 unspecified atom stereocenters. The van der Waals surface area contributed by atoms with Crippen LogP contribution in [0.2, 0.25) is 0 Å². The Morgan fingerprint density at radius 2 is 1.42 bits per heavy atom. The van der Waals surface area contributed by atoms with Crippen LogP contribution in [0.5, 0.6) is 11.5 Å². The minimum Gasteiger partial charge on any atom is -0.454 e. The standard InChI is InChI=1S/C21H18O4S/c1-14-4-3-5-16(10-14)19-12-21-20(24-13-25-21)11-18(19)15-6-8-17(9-7-15)26(2,22)23/h3-12H,13H2,1-2H3. The third kappa shape index (κ3) is 3.06. The van der Waals surface area contributed by atoms with Gasteiger partial charge in [-0.15, -0.1) is 0 Å². The highest BCUT2D eigenvalue weighted by molar-refractivity contribution is 7.90. The van der Waals surface area contributed by atoms with Crippen LogP contribution in [0.3, 0.4) is 0 Å². The third-order valence-electron chi connectivity index (χ3n) is 4.44. The quantitative estimate of drug-likeness (QED) is 0.687. The summed E-state index contributed by atoms with van der Waals surface area (Å²) >= 11 is 0. The van der Waals surface area contributed by atoms with Crippen molar-refractivity contribution >= 4 is 9.84 Å². The van der Waals surface area contributed by atoms with Crippen molar-refractivity contribution in [1.29, 1.82) is 0 Å². The average Bonchev–Trinajstić information content (AvgIpc) is 3.07. The van der Waals surface area contributed by atoms with Gasteiger partial charge in [-0.3, -0.25) is 0 Å². The van der Waals surface area contributed by atoms with Crippen LogP contribution in [0.25, 0.3) is 22.3 Å². The Bertz CT molecular complexity index is 1080. The van der Waals surface area contributed by atoms with E-state index in [9.17, 15) is 8.42 Å². The topological polar surface area (TPSA) is 52.6 Å². The van der Waals surface area contributed by atoms with Gasteiger partial charge in [0, 0.05) is 6.26 Å². The van der Waals surface area contributed by atoms with E-state index in [1.54, 1.807) is 12.1 Å². The van der Waals surface area contributed by atoms with Crippen molar-refractivity contribution in [2.45, 2.75) is 11.8 Å². The van der Waals surface area contributed by atoms with E-state index in [-0.39, 0.29) is 6.79 Å². The summed E-state index contributed by atoms with van der Waals surface area (Å²) < 4.78 is 34.5. The number of sulfone groups is 1. The van der Waals surface area contributed by atoms with Gasteiger partial charge < -0.3 is 9.47 Å². The molecule has 1 aliphatic heterocycles. The monoisotopic (exact) mass is 366 g/mol. The molecule has 3 aromatic rings. The highest BCUT2D eigenvalue weighted by Gasteiger charge is 2.19. The molecule has 0 aliphatic carbocycles. The van der Waals surface area contributed by atoms with E-state index < -0.39 is 9.84 Å². The van der Waals surface area contributed by atoms with Crippen LogP contribution >= 0.6 is 0 Å². The summed E-state index contributed by atoms with van der Waals surface area (Å²) in [7, 11) is -3.22. The molecule has 132 valence electrons. The van der Waals surface area contributed by atoms with Gasteiger partial charge in [-0.25, -0.2) is 8.42 Å². The van der Waals surface area contributed by atoms with E-state index in [1.807, 2.05) is 30.3 Å². The maximum absolute atomic E-state index is 11.7. The molecule has 5 heteroatoms. The fraction of sp³-hybridized carbons (Fsp3) is 0.143. The molecule has 4 nitrogen and oxygen atoms in total. The summed E-state index contributed by atoms with van der Waals surface area (Å²) in [6.45, 7) is 2.26. The van der Waals surface area contributed by atoms with E-state index >= 15 is 0 Å². The summed E-state index contributed by atoms with van der Waals surface area (Å²) in [6.07, 6.45) is 1.21. The van der Waals surface area contributed by atoms with Gasteiger partial charge in [0.25, 0.3) is 0 Å². The number of hydrogen-bond acceptors (Lipinski definition) is 4. The lowest BCUT2D eigenvalue weighted by molar-refractivity contribution is 0.174. The minimum absolute atomic E-state index is 0.207.